The highest BCUT2D eigenvalue weighted by Crippen LogP contribution is 2.27. The van der Waals surface area contributed by atoms with Crippen LogP contribution in [0.4, 0.5) is 14.5 Å². The summed E-state index contributed by atoms with van der Waals surface area (Å²) < 4.78 is 34.1. The number of piperazine rings is 1. The minimum absolute atomic E-state index is 0.113. The third-order valence-electron chi connectivity index (χ3n) is 4.57. The van der Waals surface area contributed by atoms with Crippen LogP contribution in [0.25, 0.3) is 0 Å². The Bertz CT molecular complexity index is 508. The van der Waals surface area contributed by atoms with Gasteiger partial charge in [0.25, 0.3) is 0 Å². The quantitative estimate of drug-likeness (QED) is 0.759. The lowest BCUT2D eigenvalue weighted by atomic mass is 10.1. The largest absolute Gasteiger partial charge is 0.383 e. The van der Waals surface area contributed by atoms with Crippen LogP contribution in [-0.2, 0) is 11.3 Å². The Balaban J connectivity index is 2.05. The Kier molecular flexibility index (Phi) is 6.95. The van der Waals surface area contributed by atoms with Crippen molar-refractivity contribution in [1.82, 2.24) is 9.80 Å². The Morgan fingerprint density at radius 2 is 1.71 bits per heavy atom. The topological polar surface area (TPSA) is 19.0 Å². The summed E-state index contributed by atoms with van der Waals surface area (Å²) in [6.45, 7) is 9.07. The fourth-order valence-electron chi connectivity index (χ4n) is 3.11. The van der Waals surface area contributed by atoms with Gasteiger partial charge in [-0.3, -0.25) is 9.80 Å². The summed E-state index contributed by atoms with van der Waals surface area (Å²) in [5.41, 5.74) is 0.759. The second-order valence-electron chi connectivity index (χ2n) is 6.76. The number of methoxy groups -OCH3 is 1. The number of halogens is 2. The first kappa shape index (κ1) is 19.1. The molecule has 1 fully saturated rings. The number of anilines is 1. The molecule has 24 heavy (non-hydrogen) atoms. The van der Waals surface area contributed by atoms with Crippen molar-refractivity contribution in [2.75, 3.05) is 58.4 Å². The zero-order valence-electron chi connectivity index (χ0n) is 15.2. The van der Waals surface area contributed by atoms with Gasteiger partial charge in [-0.25, -0.2) is 8.78 Å². The molecule has 6 heteroatoms. The average Bonchev–Trinajstić information content (AvgIpc) is 2.52. The van der Waals surface area contributed by atoms with Crippen LogP contribution in [0.2, 0.25) is 0 Å². The second kappa shape index (κ2) is 8.74. The van der Waals surface area contributed by atoms with Crippen molar-refractivity contribution in [1.29, 1.82) is 0 Å². The van der Waals surface area contributed by atoms with E-state index in [2.05, 4.69) is 18.7 Å². The maximum atomic E-state index is 14.5. The van der Waals surface area contributed by atoms with E-state index < -0.39 is 11.6 Å². The predicted molar refractivity (Wildman–Crippen MR) is 93.5 cm³/mol. The maximum Gasteiger partial charge on any atom is 0.149 e. The van der Waals surface area contributed by atoms with Gasteiger partial charge in [-0.1, -0.05) is 0 Å². The fourth-order valence-corrected chi connectivity index (χ4v) is 3.11. The van der Waals surface area contributed by atoms with Crippen molar-refractivity contribution in [3.63, 3.8) is 0 Å². The first-order valence-corrected chi connectivity index (χ1v) is 8.56. The molecule has 0 N–H and O–H groups in total. The smallest absolute Gasteiger partial charge is 0.149 e. The molecule has 1 aliphatic rings. The predicted octanol–water partition coefficient (Wildman–Crippen LogP) is 2.57. The van der Waals surface area contributed by atoms with Crippen molar-refractivity contribution in [3.8, 4) is 0 Å². The minimum atomic E-state index is -0.469. The van der Waals surface area contributed by atoms with Crippen LogP contribution >= 0.6 is 0 Å². The normalized spacial score (nSPS) is 16.4. The number of nitrogens with zero attached hydrogens (tertiary/aromatic N) is 3. The van der Waals surface area contributed by atoms with Crippen molar-refractivity contribution in [3.05, 3.63) is 29.3 Å². The maximum absolute atomic E-state index is 14.5. The second-order valence-corrected chi connectivity index (χ2v) is 6.76. The first-order chi connectivity index (χ1) is 11.4. The summed E-state index contributed by atoms with van der Waals surface area (Å²) in [6, 6.07) is 3.37. The van der Waals surface area contributed by atoms with Gasteiger partial charge in [0.15, 0.2) is 0 Å². The van der Waals surface area contributed by atoms with Crippen LogP contribution in [0.5, 0.6) is 0 Å². The lowest BCUT2D eigenvalue weighted by Gasteiger charge is -2.38. The summed E-state index contributed by atoms with van der Waals surface area (Å²) in [6.07, 6.45) is 0. The molecule has 1 heterocycles. The SMILES string of the molecule is COCCN(C)Cc1cc(F)c(N2CCN(C(C)C)CC2)c(F)c1. The lowest BCUT2D eigenvalue weighted by Crippen LogP contribution is -2.49. The van der Waals surface area contributed by atoms with Gasteiger partial charge in [-0.05, 0) is 38.6 Å². The molecule has 0 aliphatic carbocycles. The summed E-state index contributed by atoms with van der Waals surface area (Å²) in [4.78, 5) is 6.13. The molecule has 2 rings (SSSR count). The van der Waals surface area contributed by atoms with Gasteiger partial charge >= 0.3 is 0 Å². The summed E-state index contributed by atoms with van der Waals surface area (Å²) in [7, 11) is 3.55. The molecule has 0 saturated carbocycles. The molecule has 1 saturated heterocycles. The van der Waals surface area contributed by atoms with E-state index in [-0.39, 0.29) is 5.69 Å². The molecule has 0 atom stereocenters. The molecule has 136 valence electrons. The van der Waals surface area contributed by atoms with Crippen molar-refractivity contribution in [2.24, 2.45) is 0 Å². The van der Waals surface area contributed by atoms with Gasteiger partial charge in [-0.2, -0.15) is 0 Å². The van der Waals surface area contributed by atoms with E-state index in [0.29, 0.717) is 37.8 Å². The molecule has 1 aromatic carbocycles. The van der Waals surface area contributed by atoms with Crippen LogP contribution < -0.4 is 4.90 Å². The van der Waals surface area contributed by atoms with Crippen molar-refractivity contribution in [2.45, 2.75) is 26.4 Å². The van der Waals surface area contributed by atoms with Crippen LogP contribution in [-0.4, -0.2) is 69.3 Å². The highest BCUT2D eigenvalue weighted by Gasteiger charge is 2.24. The first-order valence-electron chi connectivity index (χ1n) is 8.56. The Morgan fingerprint density at radius 3 is 2.21 bits per heavy atom. The number of ether oxygens (including phenoxy) is 1. The number of likely N-dealkylation sites (N-methyl/N-ethyl adjacent to an activating group) is 1. The summed E-state index contributed by atoms with van der Waals surface area (Å²) in [5.74, 6) is -0.939. The van der Waals surface area contributed by atoms with E-state index in [0.717, 1.165) is 19.6 Å². The van der Waals surface area contributed by atoms with Gasteiger partial charge < -0.3 is 9.64 Å². The highest BCUT2D eigenvalue weighted by molar-refractivity contribution is 5.51. The molecule has 4 nitrogen and oxygen atoms in total. The van der Waals surface area contributed by atoms with Gasteiger partial charge in [-0.15, -0.1) is 0 Å². The third kappa shape index (κ3) is 4.88. The highest BCUT2D eigenvalue weighted by atomic mass is 19.1. The Hall–Kier alpha value is -1.24. The zero-order chi connectivity index (χ0) is 17.7. The fraction of sp³-hybridized carbons (Fsp3) is 0.667. The molecule has 1 aromatic rings. The molecule has 0 spiro atoms. The standard InChI is InChI=1S/C18H29F2N3O/c1-14(2)22-5-7-23(8-6-22)18-16(19)11-15(12-17(18)20)13-21(3)9-10-24-4/h11-12,14H,5-10,13H2,1-4H3. The lowest BCUT2D eigenvalue weighted by molar-refractivity contribution is 0.158. The average molecular weight is 341 g/mol. The van der Waals surface area contributed by atoms with Crippen LogP contribution in [0, 0.1) is 11.6 Å². The molecule has 0 aromatic heterocycles. The van der Waals surface area contributed by atoms with Gasteiger partial charge in [0.2, 0.25) is 0 Å². The number of benzene rings is 1. The van der Waals surface area contributed by atoms with Crippen LogP contribution in [0.1, 0.15) is 19.4 Å². The molecule has 0 bridgehead atoms. The van der Waals surface area contributed by atoms with E-state index >= 15 is 0 Å². The van der Waals surface area contributed by atoms with Crippen molar-refractivity contribution < 1.29 is 13.5 Å². The Morgan fingerprint density at radius 1 is 1.12 bits per heavy atom. The Labute approximate surface area is 144 Å². The summed E-state index contributed by atoms with van der Waals surface area (Å²) in [5, 5.41) is 0. The van der Waals surface area contributed by atoms with Gasteiger partial charge in [0.1, 0.15) is 17.3 Å². The number of rotatable bonds is 7. The minimum Gasteiger partial charge on any atom is -0.383 e. The summed E-state index contributed by atoms with van der Waals surface area (Å²) >= 11 is 0. The number of hydrogen-bond acceptors (Lipinski definition) is 4. The van der Waals surface area contributed by atoms with E-state index in [1.54, 1.807) is 7.11 Å². The van der Waals surface area contributed by atoms with Gasteiger partial charge in [0.05, 0.1) is 6.61 Å². The van der Waals surface area contributed by atoms with E-state index in [4.69, 9.17) is 4.74 Å². The molecule has 0 radical (unpaired) electrons. The van der Waals surface area contributed by atoms with Crippen LogP contribution in [0.15, 0.2) is 12.1 Å². The number of hydrogen-bond donors (Lipinski definition) is 0. The zero-order valence-corrected chi connectivity index (χ0v) is 15.2. The van der Waals surface area contributed by atoms with E-state index in [1.165, 1.54) is 12.1 Å². The molecule has 0 amide bonds. The van der Waals surface area contributed by atoms with Gasteiger partial charge in [0, 0.05) is 52.4 Å². The molecule has 0 unspecified atom stereocenters. The van der Waals surface area contributed by atoms with Crippen molar-refractivity contribution >= 4 is 5.69 Å². The van der Waals surface area contributed by atoms with E-state index in [9.17, 15) is 8.78 Å². The molecular weight excluding hydrogens is 312 g/mol. The van der Waals surface area contributed by atoms with Crippen LogP contribution in [0.3, 0.4) is 0 Å². The monoisotopic (exact) mass is 341 g/mol. The van der Waals surface area contributed by atoms with E-state index in [1.807, 2.05) is 16.8 Å². The molecule has 1 aliphatic heterocycles. The third-order valence-corrected chi connectivity index (χ3v) is 4.57. The molecular formula is C18H29F2N3O.